The molecule has 5 N–H and O–H groups in total. The van der Waals surface area contributed by atoms with Crippen molar-refractivity contribution in [2.75, 3.05) is 30.9 Å². The Morgan fingerprint density at radius 3 is 2.67 bits per heavy atom. The second-order valence-corrected chi connectivity index (χ2v) is 9.90. The van der Waals surface area contributed by atoms with Crippen LogP contribution in [0.2, 0.25) is 0 Å². The summed E-state index contributed by atoms with van der Waals surface area (Å²) in [5, 5.41) is 38.8. The normalized spacial score (nSPS) is 23.2. The molecule has 0 amide bonds. The van der Waals surface area contributed by atoms with E-state index in [9.17, 15) is 15.3 Å². The summed E-state index contributed by atoms with van der Waals surface area (Å²) < 4.78 is 6.08. The number of aromatic nitrogens is 4. The van der Waals surface area contributed by atoms with Gasteiger partial charge in [-0.15, -0.1) is 11.3 Å². The van der Waals surface area contributed by atoms with E-state index in [0.717, 1.165) is 20.9 Å². The number of hydrogen-bond acceptors (Lipinski definition) is 11. The van der Waals surface area contributed by atoms with E-state index >= 15 is 0 Å². The van der Waals surface area contributed by atoms with Gasteiger partial charge < -0.3 is 30.7 Å². The highest BCUT2D eigenvalue weighted by molar-refractivity contribution is 7.21. The maximum absolute atomic E-state index is 10.7. The molecule has 1 saturated carbocycles. The van der Waals surface area contributed by atoms with Crippen LogP contribution < -0.4 is 10.6 Å². The van der Waals surface area contributed by atoms with Crippen LogP contribution in [-0.2, 0) is 4.74 Å². The number of pyridine rings is 1. The number of hydrogen-bond donors (Lipinski definition) is 5. The second-order valence-electron chi connectivity index (χ2n) is 8.87. The molecule has 3 aromatic heterocycles. The summed E-state index contributed by atoms with van der Waals surface area (Å²) in [5.41, 5.74) is 1.21. The van der Waals surface area contributed by atoms with Crippen LogP contribution in [0.4, 0.5) is 11.8 Å². The van der Waals surface area contributed by atoms with Crippen LogP contribution in [0.15, 0.2) is 18.5 Å². The number of rotatable bonds is 8. The van der Waals surface area contributed by atoms with E-state index in [1.807, 2.05) is 13.0 Å². The van der Waals surface area contributed by atoms with Crippen molar-refractivity contribution in [2.45, 2.75) is 51.0 Å². The monoisotopic (exact) mass is 474 g/mol. The highest BCUT2D eigenvalue weighted by Gasteiger charge is 2.47. The van der Waals surface area contributed by atoms with E-state index < -0.39 is 29.8 Å². The molecule has 178 valence electrons. The number of ether oxygens (including phenoxy) is 1. The van der Waals surface area contributed by atoms with Crippen molar-refractivity contribution in [1.82, 2.24) is 19.9 Å². The fraction of sp³-hybridized carbons (Fsp3) is 0.545. The number of methoxy groups -OCH3 is 1. The Hall–Kier alpha value is -2.44. The minimum atomic E-state index is -1.13. The lowest BCUT2D eigenvalue weighted by atomic mass is 9.88. The lowest BCUT2D eigenvalue weighted by Crippen LogP contribution is -2.40. The Balaban J connectivity index is 1.69. The number of fused-ring (bicyclic) bond motifs is 1. The zero-order chi connectivity index (χ0) is 23.8. The molecular formula is C22H30N6O4S. The molecule has 0 aliphatic heterocycles. The van der Waals surface area contributed by atoms with Crippen LogP contribution in [0.3, 0.4) is 0 Å². The molecule has 4 atom stereocenters. The Morgan fingerprint density at radius 2 is 2.00 bits per heavy atom. The smallest absolute Gasteiger partial charge is 0.224 e. The summed E-state index contributed by atoms with van der Waals surface area (Å²) in [5.74, 6) is 0.414. The fourth-order valence-corrected chi connectivity index (χ4v) is 5.17. The first-order valence-corrected chi connectivity index (χ1v) is 11.7. The molecule has 0 radical (unpaired) electrons. The number of nitrogens with one attached hydrogen (secondary N) is 2. The third-order valence-electron chi connectivity index (χ3n) is 6.01. The third kappa shape index (κ3) is 4.92. The minimum absolute atomic E-state index is 0.380. The molecule has 0 bridgehead atoms. The van der Waals surface area contributed by atoms with Gasteiger partial charge in [-0.3, -0.25) is 4.98 Å². The number of aryl methyl sites for hydroxylation is 1. The zero-order valence-electron chi connectivity index (χ0n) is 19.1. The van der Waals surface area contributed by atoms with Crippen LogP contribution in [0.25, 0.3) is 20.8 Å². The lowest BCUT2D eigenvalue weighted by molar-refractivity contribution is -0.0601. The third-order valence-corrected chi connectivity index (χ3v) is 7.06. The van der Waals surface area contributed by atoms with E-state index in [0.29, 0.717) is 36.9 Å². The molecule has 1 fully saturated rings. The van der Waals surface area contributed by atoms with Crippen molar-refractivity contribution in [3.63, 3.8) is 0 Å². The largest absolute Gasteiger partial charge is 0.390 e. The molecule has 1 aliphatic rings. The molecule has 0 saturated heterocycles. The Kier molecular flexibility index (Phi) is 6.78. The van der Waals surface area contributed by atoms with Gasteiger partial charge in [0.05, 0.1) is 40.3 Å². The van der Waals surface area contributed by atoms with Crippen molar-refractivity contribution in [3.8, 4) is 10.6 Å². The predicted molar refractivity (Wildman–Crippen MR) is 127 cm³/mol. The molecular weight excluding hydrogens is 444 g/mol. The van der Waals surface area contributed by atoms with Crippen LogP contribution in [-0.4, -0.2) is 79.4 Å². The van der Waals surface area contributed by atoms with Gasteiger partial charge in [0.1, 0.15) is 22.4 Å². The first-order valence-electron chi connectivity index (χ1n) is 10.9. The van der Waals surface area contributed by atoms with Gasteiger partial charge in [-0.2, -0.15) is 4.98 Å². The van der Waals surface area contributed by atoms with Crippen LogP contribution in [0, 0.1) is 12.8 Å². The van der Waals surface area contributed by atoms with Crippen molar-refractivity contribution in [1.29, 1.82) is 0 Å². The van der Waals surface area contributed by atoms with Gasteiger partial charge in [-0.1, -0.05) is 0 Å². The molecule has 3 aromatic rings. The van der Waals surface area contributed by atoms with Crippen LogP contribution in [0.5, 0.6) is 0 Å². The first kappa shape index (κ1) is 23.7. The SMILES string of the molecule is COCCNc1ncc(-c2nc3c(C)nccc3s2)c(N[C@@H]2C[C@H](C(C)(C)O)[C@@H](O)[C@H]2O)n1. The predicted octanol–water partition coefficient (Wildman–Crippen LogP) is 1.81. The Bertz CT molecular complexity index is 1120. The molecule has 0 unspecified atom stereocenters. The summed E-state index contributed by atoms with van der Waals surface area (Å²) >= 11 is 1.51. The average Bonchev–Trinajstić information content (AvgIpc) is 3.32. The molecule has 1 aliphatic carbocycles. The van der Waals surface area contributed by atoms with E-state index in [1.165, 1.54) is 11.3 Å². The Morgan fingerprint density at radius 1 is 1.21 bits per heavy atom. The first-order chi connectivity index (χ1) is 15.7. The highest BCUT2D eigenvalue weighted by Crippen LogP contribution is 2.39. The number of aliphatic hydroxyl groups is 3. The number of aliphatic hydroxyl groups excluding tert-OH is 2. The molecule has 3 heterocycles. The maximum atomic E-state index is 10.7. The lowest BCUT2D eigenvalue weighted by Gasteiger charge is -2.28. The van der Waals surface area contributed by atoms with Gasteiger partial charge in [-0.05, 0) is 33.3 Å². The zero-order valence-corrected chi connectivity index (χ0v) is 19.9. The highest BCUT2D eigenvalue weighted by atomic mass is 32.1. The van der Waals surface area contributed by atoms with E-state index in [4.69, 9.17) is 9.72 Å². The maximum Gasteiger partial charge on any atom is 0.224 e. The number of nitrogens with zero attached hydrogens (tertiary/aromatic N) is 4. The van der Waals surface area contributed by atoms with Crippen molar-refractivity contribution < 1.29 is 20.1 Å². The summed E-state index contributed by atoms with van der Waals surface area (Å²) in [4.78, 5) is 18.1. The number of anilines is 2. The standard InChI is InChI=1S/C22H30N6O4S/c1-11-16-15(5-6-23-11)33-20(27-16)12-10-25-21(24-7-8-32-4)28-19(12)26-14-9-13(22(2,3)31)17(29)18(14)30/h5-6,10,13-14,17-18,29-31H,7-9H2,1-4H3,(H2,24,25,26,28)/t13-,14+,17+,18-/m0/s1. The van der Waals surface area contributed by atoms with Gasteiger partial charge in [0.25, 0.3) is 0 Å². The summed E-state index contributed by atoms with van der Waals surface area (Å²) in [7, 11) is 1.62. The van der Waals surface area contributed by atoms with Gasteiger partial charge in [0.2, 0.25) is 5.95 Å². The topological polar surface area (TPSA) is 146 Å². The molecule has 4 rings (SSSR count). The average molecular weight is 475 g/mol. The molecule has 0 aromatic carbocycles. The van der Waals surface area contributed by atoms with Crippen molar-refractivity contribution in [2.24, 2.45) is 5.92 Å². The molecule has 10 nitrogen and oxygen atoms in total. The van der Waals surface area contributed by atoms with Crippen LogP contribution >= 0.6 is 11.3 Å². The summed E-state index contributed by atoms with van der Waals surface area (Å²) in [6, 6.07) is 1.41. The summed E-state index contributed by atoms with van der Waals surface area (Å²) in [6.45, 7) is 6.23. The van der Waals surface area contributed by atoms with E-state index in [1.54, 1.807) is 33.4 Å². The van der Waals surface area contributed by atoms with Gasteiger partial charge in [-0.25, -0.2) is 9.97 Å². The van der Waals surface area contributed by atoms with Gasteiger partial charge in [0, 0.05) is 32.0 Å². The second kappa shape index (κ2) is 9.43. The summed E-state index contributed by atoms with van der Waals surface area (Å²) in [6.07, 6.45) is 1.71. The quantitative estimate of drug-likeness (QED) is 0.306. The number of thiazole rings is 1. The Labute approximate surface area is 196 Å². The van der Waals surface area contributed by atoms with Gasteiger partial charge >= 0.3 is 0 Å². The van der Waals surface area contributed by atoms with Crippen molar-refractivity contribution in [3.05, 3.63) is 24.2 Å². The molecule has 11 heteroatoms. The van der Waals surface area contributed by atoms with Gasteiger partial charge in [0.15, 0.2) is 0 Å². The fourth-order valence-electron chi connectivity index (χ4n) is 4.15. The van der Waals surface area contributed by atoms with Crippen LogP contribution in [0.1, 0.15) is 26.0 Å². The van der Waals surface area contributed by atoms with E-state index in [2.05, 4.69) is 25.6 Å². The molecule has 0 spiro atoms. The van der Waals surface area contributed by atoms with Crippen molar-refractivity contribution >= 4 is 33.3 Å². The van der Waals surface area contributed by atoms with E-state index in [-0.39, 0.29) is 0 Å². The molecule has 33 heavy (non-hydrogen) atoms. The minimum Gasteiger partial charge on any atom is -0.390 e.